The minimum atomic E-state index is -0.958. The number of hydrogen-bond donors (Lipinski definition) is 0. The van der Waals surface area contributed by atoms with Gasteiger partial charge in [0.05, 0.1) is 5.92 Å². The molecule has 2 nitrogen and oxygen atoms in total. The quantitative estimate of drug-likeness (QED) is 0.393. The summed E-state index contributed by atoms with van der Waals surface area (Å²) in [6.07, 6.45) is -0.269. The number of nitrogens with zero attached hydrogens (tertiary/aromatic N) is 1. The van der Waals surface area contributed by atoms with Gasteiger partial charge < -0.3 is 4.79 Å². The third-order valence-electron chi connectivity index (χ3n) is 1.49. The van der Waals surface area contributed by atoms with Gasteiger partial charge in [-0.3, -0.25) is 4.67 Å². The molecule has 0 N–H and O–H groups in total. The van der Waals surface area contributed by atoms with Crippen molar-refractivity contribution in [2.45, 2.75) is 6.17 Å². The van der Waals surface area contributed by atoms with Crippen LogP contribution in [0, 0.1) is 5.92 Å². The average molecular weight is 149 g/mol. The lowest BCUT2D eigenvalue weighted by molar-refractivity contribution is -0.111. The number of alkyl halides is 1. The van der Waals surface area contributed by atoms with Crippen molar-refractivity contribution in [3.05, 3.63) is 0 Å². The summed E-state index contributed by atoms with van der Waals surface area (Å²) in [6.45, 7) is 0.906. The molecular weight excluding hydrogens is 140 g/mol. The molecule has 0 aromatic rings. The zero-order chi connectivity index (χ0) is 6.85. The lowest BCUT2D eigenvalue weighted by Gasteiger charge is -2.01. The van der Waals surface area contributed by atoms with Crippen LogP contribution in [0.3, 0.4) is 0 Å². The standard InChI is InChI=1S/C5H9FNOP/c6-5-2-7(9)1-4(5)3-8/h3-5H,1-2,9H2/t4-,5-/m0/s1. The number of carbonyl (C=O) groups is 1. The van der Waals surface area contributed by atoms with Crippen LogP contribution in [0.5, 0.6) is 0 Å². The Kier molecular flexibility index (Phi) is 2.14. The molecule has 52 valence electrons. The molecule has 0 saturated carbocycles. The monoisotopic (exact) mass is 149 g/mol. The highest BCUT2D eigenvalue weighted by molar-refractivity contribution is 7.13. The summed E-state index contributed by atoms with van der Waals surface area (Å²) in [5.74, 6) is -0.400. The number of aldehydes is 1. The lowest BCUT2D eigenvalue weighted by Crippen LogP contribution is -2.13. The van der Waals surface area contributed by atoms with Crippen LogP contribution in [-0.2, 0) is 4.79 Å². The van der Waals surface area contributed by atoms with E-state index in [0.717, 1.165) is 0 Å². The maximum atomic E-state index is 12.6. The van der Waals surface area contributed by atoms with Gasteiger partial charge in [0.1, 0.15) is 12.5 Å². The molecule has 1 fully saturated rings. The number of hydrogen-bond acceptors (Lipinski definition) is 2. The van der Waals surface area contributed by atoms with Crippen LogP contribution in [0.4, 0.5) is 4.39 Å². The molecule has 0 spiro atoms. The Morgan fingerprint density at radius 1 is 1.67 bits per heavy atom. The van der Waals surface area contributed by atoms with Gasteiger partial charge in [-0.1, -0.05) is 9.39 Å². The van der Waals surface area contributed by atoms with Crippen LogP contribution in [0.15, 0.2) is 0 Å². The summed E-state index contributed by atoms with van der Waals surface area (Å²) in [5, 5.41) is 0. The molecule has 0 aliphatic carbocycles. The van der Waals surface area contributed by atoms with E-state index in [2.05, 4.69) is 9.39 Å². The van der Waals surface area contributed by atoms with E-state index >= 15 is 0 Å². The molecule has 1 unspecified atom stereocenters. The van der Waals surface area contributed by atoms with Gasteiger partial charge >= 0.3 is 0 Å². The topological polar surface area (TPSA) is 20.3 Å². The molecule has 1 rings (SSSR count). The van der Waals surface area contributed by atoms with E-state index in [1.165, 1.54) is 0 Å². The van der Waals surface area contributed by atoms with Gasteiger partial charge in [-0.25, -0.2) is 4.39 Å². The molecule has 1 aliphatic heterocycles. The van der Waals surface area contributed by atoms with Gasteiger partial charge in [0.2, 0.25) is 0 Å². The summed E-state index contributed by atoms with van der Waals surface area (Å²) in [5.41, 5.74) is 0. The summed E-state index contributed by atoms with van der Waals surface area (Å²) in [4.78, 5) is 10.1. The zero-order valence-corrected chi connectivity index (χ0v) is 6.11. The largest absolute Gasteiger partial charge is 0.303 e. The van der Waals surface area contributed by atoms with Gasteiger partial charge in [0.25, 0.3) is 0 Å². The predicted molar refractivity (Wildman–Crippen MR) is 35.7 cm³/mol. The Morgan fingerprint density at radius 2 is 2.33 bits per heavy atom. The molecular formula is C5H9FNOP. The molecule has 9 heavy (non-hydrogen) atoms. The molecule has 1 saturated heterocycles. The van der Waals surface area contributed by atoms with Gasteiger partial charge in [0, 0.05) is 13.1 Å². The van der Waals surface area contributed by atoms with Crippen LogP contribution in [-0.4, -0.2) is 30.2 Å². The van der Waals surface area contributed by atoms with Gasteiger partial charge in [-0.15, -0.1) is 0 Å². The molecule has 1 heterocycles. The van der Waals surface area contributed by atoms with Crippen molar-refractivity contribution in [2.24, 2.45) is 5.92 Å². The van der Waals surface area contributed by atoms with E-state index in [0.29, 0.717) is 19.4 Å². The second-order valence-corrected chi connectivity index (χ2v) is 3.00. The summed E-state index contributed by atoms with van der Waals surface area (Å²) >= 11 is 0. The Hall–Kier alpha value is -0.0100. The smallest absolute Gasteiger partial charge is 0.127 e. The maximum absolute atomic E-state index is 12.6. The molecule has 0 bridgehead atoms. The predicted octanol–water partition coefficient (Wildman–Crippen LogP) is 0.245. The van der Waals surface area contributed by atoms with Crippen molar-refractivity contribution < 1.29 is 9.18 Å². The number of halogens is 1. The first kappa shape index (κ1) is 7.10. The Labute approximate surface area is 55.7 Å². The maximum Gasteiger partial charge on any atom is 0.127 e. The van der Waals surface area contributed by atoms with Crippen molar-refractivity contribution in [3.8, 4) is 0 Å². The normalized spacial score (nSPS) is 37.1. The summed E-state index contributed by atoms with van der Waals surface area (Å²) in [7, 11) is 2.38. The fourth-order valence-electron chi connectivity index (χ4n) is 0.947. The van der Waals surface area contributed by atoms with Gasteiger partial charge in [0.15, 0.2) is 0 Å². The molecule has 0 aromatic carbocycles. The molecule has 4 heteroatoms. The number of carbonyl (C=O) groups excluding carboxylic acids is 1. The van der Waals surface area contributed by atoms with E-state index in [4.69, 9.17) is 0 Å². The Morgan fingerprint density at radius 3 is 2.56 bits per heavy atom. The van der Waals surface area contributed by atoms with E-state index in [-0.39, 0.29) is 0 Å². The third-order valence-corrected chi connectivity index (χ3v) is 1.92. The van der Waals surface area contributed by atoms with Crippen LogP contribution in [0.2, 0.25) is 0 Å². The molecule has 1 aliphatic rings. The second kappa shape index (κ2) is 2.72. The fraction of sp³-hybridized carbons (Fsp3) is 0.800. The summed E-state index contributed by atoms with van der Waals surface area (Å²) < 4.78 is 14.3. The first-order valence-electron chi connectivity index (χ1n) is 2.83. The van der Waals surface area contributed by atoms with E-state index in [9.17, 15) is 9.18 Å². The zero-order valence-electron chi connectivity index (χ0n) is 4.96. The minimum Gasteiger partial charge on any atom is -0.303 e. The van der Waals surface area contributed by atoms with Gasteiger partial charge in [-0.05, 0) is 0 Å². The third kappa shape index (κ3) is 1.46. The highest BCUT2D eigenvalue weighted by atomic mass is 31.0. The molecule has 0 radical (unpaired) electrons. The highest BCUT2D eigenvalue weighted by Gasteiger charge is 2.30. The van der Waals surface area contributed by atoms with Crippen molar-refractivity contribution in [3.63, 3.8) is 0 Å². The first-order chi connectivity index (χ1) is 4.24. The van der Waals surface area contributed by atoms with Crippen molar-refractivity contribution in [1.82, 2.24) is 4.67 Å². The van der Waals surface area contributed by atoms with Crippen LogP contribution >= 0.6 is 9.39 Å². The van der Waals surface area contributed by atoms with Crippen molar-refractivity contribution in [2.75, 3.05) is 13.1 Å². The van der Waals surface area contributed by atoms with Crippen molar-refractivity contribution >= 4 is 15.7 Å². The lowest BCUT2D eigenvalue weighted by atomic mass is 10.1. The van der Waals surface area contributed by atoms with E-state index < -0.39 is 12.1 Å². The van der Waals surface area contributed by atoms with Gasteiger partial charge in [-0.2, -0.15) is 0 Å². The molecule has 0 amide bonds. The summed E-state index contributed by atoms with van der Waals surface area (Å²) in [6, 6.07) is 0. The number of rotatable bonds is 1. The SMILES string of the molecule is O=C[C@@H]1CN(P)C[C@@H]1F. The van der Waals surface area contributed by atoms with Crippen LogP contribution in [0.1, 0.15) is 0 Å². The minimum absolute atomic E-state index is 0.369. The van der Waals surface area contributed by atoms with E-state index in [1.807, 2.05) is 0 Å². The second-order valence-electron chi connectivity index (χ2n) is 2.27. The Bertz CT molecular complexity index is 122. The average Bonchev–Trinajstić information content (AvgIpc) is 2.10. The van der Waals surface area contributed by atoms with Crippen LogP contribution < -0.4 is 0 Å². The highest BCUT2D eigenvalue weighted by Crippen LogP contribution is 2.20. The van der Waals surface area contributed by atoms with E-state index in [1.54, 1.807) is 4.67 Å². The fourth-order valence-corrected chi connectivity index (χ4v) is 1.39. The molecule has 3 atom stereocenters. The first-order valence-corrected chi connectivity index (χ1v) is 3.34. The van der Waals surface area contributed by atoms with Crippen molar-refractivity contribution in [1.29, 1.82) is 0 Å². The molecule has 0 aromatic heterocycles. The Balaban J connectivity index is 2.47. The van der Waals surface area contributed by atoms with Crippen LogP contribution in [0.25, 0.3) is 0 Å².